The molecule has 2 rings (SSSR count). The first-order chi connectivity index (χ1) is 13.1. The topological polar surface area (TPSA) is 88.0 Å². The molecular formula is C19H29IN4O3S. The van der Waals surface area contributed by atoms with Crippen LogP contribution in [0.5, 0.6) is 5.88 Å². The molecule has 3 N–H and O–H groups in total. The number of hydrogen-bond donors (Lipinski definition) is 3. The summed E-state index contributed by atoms with van der Waals surface area (Å²) in [5.74, 6) is 1.18. The molecule has 2 heterocycles. The fraction of sp³-hybridized carbons (Fsp3) is 0.474. The van der Waals surface area contributed by atoms with E-state index in [2.05, 4.69) is 20.6 Å². The monoisotopic (exact) mass is 520 g/mol. The molecule has 0 bridgehead atoms. The Morgan fingerprint density at radius 2 is 2.14 bits per heavy atom. The van der Waals surface area contributed by atoms with E-state index < -0.39 is 5.60 Å². The van der Waals surface area contributed by atoms with Crippen LogP contribution in [0.15, 0.2) is 40.1 Å². The summed E-state index contributed by atoms with van der Waals surface area (Å²) in [4.78, 5) is 8.86. The van der Waals surface area contributed by atoms with Crippen LogP contribution in [0, 0.1) is 0 Å². The molecule has 0 amide bonds. The Hall–Kier alpha value is -1.43. The van der Waals surface area contributed by atoms with E-state index in [1.807, 2.05) is 35.9 Å². The van der Waals surface area contributed by atoms with E-state index in [9.17, 15) is 5.11 Å². The molecule has 0 aliphatic heterocycles. The molecule has 0 saturated carbocycles. The number of methoxy groups -OCH3 is 1. The Labute approximate surface area is 187 Å². The zero-order chi connectivity index (χ0) is 19.5. The molecule has 0 radical (unpaired) electrons. The first kappa shape index (κ1) is 24.6. The van der Waals surface area contributed by atoms with Gasteiger partial charge in [0.25, 0.3) is 0 Å². The minimum absolute atomic E-state index is 0. The molecule has 1 atom stereocenters. The molecule has 0 aliphatic carbocycles. The van der Waals surface area contributed by atoms with E-state index in [4.69, 9.17) is 9.47 Å². The predicted octanol–water partition coefficient (Wildman–Crippen LogP) is 2.75. The number of pyridine rings is 1. The van der Waals surface area contributed by atoms with Crippen LogP contribution in [0.25, 0.3) is 0 Å². The molecule has 0 aliphatic rings. The second-order valence-corrected chi connectivity index (χ2v) is 6.92. The second-order valence-electron chi connectivity index (χ2n) is 6.14. The van der Waals surface area contributed by atoms with Gasteiger partial charge in [-0.2, -0.15) is 11.3 Å². The van der Waals surface area contributed by atoms with Crippen molar-refractivity contribution in [2.45, 2.75) is 26.0 Å². The minimum Gasteiger partial charge on any atom is -0.475 e. The van der Waals surface area contributed by atoms with Gasteiger partial charge in [0.1, 0.15) is 12.2 Å². The summed E-state index contributed by atoms with van der Waals surface area (Å²) >= 11 is 1.56. The Morgan fingerprint density at radius 3 is 2.82 bits per heavy atom. The van der Waals surface area contributed by atoms with Gasteiger partial charge in [0.2, 0.25) is 5.88 Å². The van der Waals surface area contributed by atoms with Crippen molar-refractivity contribution in [3.8, 4) is 5.88 Å². The number of hydrogen-bond acceptors (Lipinski definition) is 6. The SMILES string of the molecule is CCNC(=NCc1cccnc1OCCOC)NCC(C)(O)c1ccsc1.I. The highest BCUT2D eigenvalue weighted by molar-refractivity contribution is 14.0. The number of aliphatic imine (C=N–C) groups is 1. The molecule has 0 saturated heterocycles. The lowest BCUT2D eigenvalue weighted by molar-refractivity contribution is 0.0621. The van der Waals surface area contributed by atoms with Crippen LogP contribution in [0.1, 0.15) is 25.0 Å². The lowest BCUT2D eigenvalue weighted by atomic mass is 9.99. The molecule has 9 heteroatoms. The summed E-state index contributed by atoms with van der Waals surface area (Å²) in [6, 6.07) is 5.72. The summed E-state index contributed by atoms with van der Waals surface area (Å²) < 4.78 is 10.7. The van der Waals surface area contributed by atoms with Gasteiger partial charge in [-0.05, 0) is 42.3 Å². The van der Waals surface area contributed by atoms with E-state index in [0.29, 0.717) is 38.1 Å². The summed E-state index contributed by atoms with van der Waals surface area (Å²) in [6.07, 6.45) is 1.69. The van der Waals surface area contributed by atoms with Crippen LogP contribution in [-0.2, 0) is 16.9 Å². The highest BCUT2D eigenvalue weighted by atomic mass is 127. The second kappa shape index (κ2) is 12.9. The summed E-state index contributed by atoms with van der Waals surface area (Å²) in [5.41, 5.74) is 0.797. The van der Waals surface area contributed by atoms with Crippen LogP contribution in [0.2, 0.25) is 0 Å². The van der Waals surface area contributed by atoms with Gasteiger partial charge in [0, 0.05) is 25.4 Å². The lowest BCUT2D eigenvalue weighted by Gasteiger charge is -2.24. The normalized spacial score (nSPS) is 13.4. The maximum atomic E-state index is 10.7. The molecule has 0 spiro atoms. The molecule has 2 aromatic rings. The first-order valence-electron chi connectivity index (χ1n) is 8.89. The Kier molecular flexibility index (Phi) is 11.4. The van der Waals surface area contributed by atoms with Gasteiger partial charge in [-0.1, -0.05) is 6.07 Å². The summed E-state index contributed by atoms with van der Waals surface area (Å²) in [6.45, 7) is 6.20. The lowest BCUT2D eigenvalue weighted by Crippen LogP contribution is -2.44. The van der Waals surface area contributed by atoms with Gasteiger partial charge in [0.15, 0.2) is 5.96 Å². The quantitative estimate of drug-likeness (QED) is 0.193. The molecule has 0 aromatic carbocycles. The number of halogens is 1. The Bertz CT molecular complexity index is 711. The van der Waals surface area contributed by atoms with Gasteiger partial charge < -0.3 is 25.2 Å². The highest BCUT2D eigenvalue weighted by Crippen LogP contribution is 2.22. The van der Waals surface area contributed by atoms with Crippen molar-refractivity contribution in [2.24, 2.45) is 4.99 Å². The largest absolute Gasteiger partial charge is 0.475 e. The maximum absolute atomic E-state index is 10.7. The van der Waals surface area contributed by atoms with E-state index in [-0.39, 0.29) is 24.0 Å². The highest BCUT2D eigenvalue weighted by Gasteiger charge is 2.23. The van der Waals surface area contributed by atoms with Crippen molar-refractivity contribution in [3.05, 3.63) is 46.3 Å². The van der Waals surface area contributed by atoms with E-state index in [0.717, 1.165) is 17.7 Å². The van der Waals surface area contributed by atoms with Crippen molar-refractivity contribution < 1.29 is 14.6 Å². The third kappa shape index (κ3) is 7.90. The van der Waals surface area contributed by atoms with E-state index in [1.165, 1.54) is 0 Å². The Balaban J connectivity index is 0.00000392. The third-order valence-corrected chi connectivity index (χ3v) is 4.55. The van der Waals surface area contributed by atoms with Gasteiger partial charge in [-0.3, -0.25) is 0 Å². The molecule has 7 nitrogen and oxygen atoms in total. The van der Waals surface area contributed by atoms with Gasteiger partial charge in [-0.15, -0.1) is 24.0 Å². The van der Waals surface area contributed by atoms with Crippen LogP contribution in [-0.4, -0.2) is 49.5 Å². The van der Waals surface area contributed by atoms with Crippen molar-refractivity contribution >= 4 is 41.3 Å². The number of ether oxygens (including phenoxy) is 2. The fourth-order valence-electron chi connectivity index (χ4n) is 2.33. The predicted molar refractivity (Wildman–Crippen MR) is 124 cm³/mol. The molecule has 156 valence electrons. The van der Waals surface area contributed by atoms with Gasteiger partial charge in [0.05, 0.1) is 19.7 Å². The van der Waals surface area contributed by atoms with Crippen molar-refractivity contribution in [1.82, 2.24) is 15.6 Å². The zero-order valence-electron chi connectivity index (χ0n) is 16.5. The van der Waals surface area contributed by atoms with Crippen molar-refractivity contribution in [1.29, 1.82) is 0 Å². The molecule has 0 fully saturated rings. The van der Waals surface area contributed by atoms with Crippen LogP contribution in [0.4, 0.5) is 0 Å². The molecule has 2 aromatic heterocycles. The van der Waals surface area contributed by atoms with Crippen molar-refractivity contribution in [3.63, 3.8) is 0 Å². The number of guanidine groups is 1. The Morgan fingerprint density at radius 1 is 1.32 bits per heavy atom. The first-order valence-corrected chi connectivity index (χ1v) is 9.84. The maximum Gasteiger partial charge on any atom is 0.218 e. The van der Waals surface area contributed by atoms with Gasteiger partial charge in [-0.25, -0.2) is 9.98 Å². The number of thiophene rings is 1. The summed E-state index contributed by atoms with van der Waals surface area (Å²) in [7, 11) is 1.63. The fourth-order valence-corrected chi connectivity index (χ4v) is 3.11. The summed E-state index contributed by atoms with van der Waals surface area (Å²) in [5, 5.41) is 21.0. The zero-order valence-corrected chi connectivity index (χ0v) is 19.6. The average molecular weight is 520 g/mol. The van der Waals surface area contributed by atoms with Crippen LogP contribution in [0.3, 0.4) is 0 Å². The van der Waals surface area contributed by atoms with Crippen LogP contribution >= 0.6 is 35.3 Å². The van der Waals surface area contributed by atoms with Crippen LogP contribution < -0.4 is 15.4 Å². The number of nitrogens with one attached hydrogen (secondary N) is 2. The number of aliphatic hydroxyl groups is 1. The van der Waals surface area contributed by atoms with E-state index >= 15 is 0 Å². The minimum atomic E-state index is -0.973. The van der Waals surface area contributed by atoms with Gasteiger partial charge >= 0.3 is 0 Å². The molecular weight excluding hydrogens is 491 g/mol. The number of aromatic nitrogens is 1. The standard InChI is InChI=1S/C19H28N4O3S.HI/c1-4-20-18(23-14-19(2,24)16-7-11-27-13-16)22-12-15-6-5-8-21-17(15)26-10-9-25-3;/h5-8,11,13,24H,4,9-10,12,14H2,1-3H3,(H2,20,22,23);1H. The molecule has 28 heavy (non-hydrogen) atoms. The molecule has 1 unspecified atom stereocenters. The van der Waals surface area contributed by atoms with E-state index in [1.54, 1.807) is 31.6 Å². The number of nitrogens with zero attached hydrogens (tertiary/aromatic N) is 2. The average Bonchev–Trinajstić information content (AvgIpc) is 3.21. The number of rotatable bonds is 10. The van der Waals surface area contributed by atoms with Crippen molar-refractivity contribution in [2.75, 3.05) is 33.4 Å². The smallest absolute Gasteiger partial charge is 0.218 e. The third-order valence-electron chi connectivity index (χ3n) is 3.87.